The zero-order valence-electron chi connectivity index (χ0n) is 16.2. The maximum absolute atomic E-state index is 13.2. The Kier molecular flexibility index (Phi) is 6.19. The number of carbonyl (C=O) groups excluding carboxylic acids is 1. The number of aromatic nitrogens is 2. The third-order valence-electron chi connectivity index (χ3n) is 4.35. The molecular weight excluding hydrogens is 394 g/mol. The van der Waals surface area contributed by atoms with Crippen LogP contribution in [-0.4, -0.2) is 35.7 Å². The second kappa shape index (κ2) is 8.79. The summed E-state index contributed by atoms with van der Waals surface area (Å²) >= 11 is 6.19. The molecule has 2 aromatic carbocycles. The van der Waals surface area contributed by atoms with Gasteiger partial charge in [-0.2, -0.15) is 0 Å². The van der Waals surface area contributed by atoms with Crippen LogP contribution in [0, 0.1) is 0 Å². The van der Waals surface area contributed by atoms with Crippen LogP contribution >= 0.6 is 11.6 Å². The van der Waals surface area contributed by atoms with Crippen molar-refractivity contribution in [3.63, 3.8) is 0 Å². The van der Waals surface area contributed by atoms with Crippen LogP contribution in [0.4, 0.5) is 5.69 Å². The molecule has 0 spiro atoms. The average Bonchev–Trinajstić information content (AvgIpc) is 3.05. The number of esters is 1. The minimum Gasteiger partial charge on any atom is -0.497 e. The van der Waals surface area contributed by atoms with Crippen LogP contribution in [0.3, 0.4) is 0 Å². The lowest BCUT2D eigenvalue weighted by Crippen LogP contribution is -2.20. The summed E-state index contributed by atoms with van der Waals surface area (Å²) in [6.07, 6.45) is -0.0976. The fraction of sp³-hybridized carbons (Fsp3) is 0.190. The number of para-hydroxylation sites is 1. The fourth-order valence-electron chi connectivity index (χ4n) is 2.89. The van der Waals surface area contributed by atoms with Crippen molar-refractivity contribution in [2.24, 2.45) is 4.99 Å². The first kappa shape index (κ1) is 20.4. The maximum atomic E-state index is 13.2. The summed E-state index contributed by atoms with van der Waals surface area (Å²) in [6, 6.07) is 14.0. The van der Waals surface area contributed by atoms with E-state index in [2.05, 4.69) is 10.1 Å². The Morgan fingerprint density at radius 3 is 2.45 bits per heavy atom. The predicted molar refractivity (Wildman–Crippen MR) is 112 cm³/mol. The smallest absolute Gasteiger partial charge is 0.311 e. The van der Waals surface area contributed by atoms with E-state index in [4.69, 9.17) is 21.1 Å². The van der Waals surface area contributed by atoms with Crippen molar-refractivity contribution in [2.45, 2.75) is 13.3 Å². The van der Waals surface area contributed by atoms with Gasteiger partial charge in [0.15, 0.2) is 0 Å². The predicted octanol–water partition coefficient (Wildman–Crippen LogP) is 3.68. The molecule has 1 heterocycles. The van der Waals surface area contributed by atoms with Gasteiger partial charge in [-0.1, -0.05) is 23.7 Å². The summed E-state index contributed by atoms with van der Waals surface area (Å²) in [4.78, 5) is 29.5. The number of benzene rings is 2. The molecule has 1 N–H and O–H groups in total. The van der Waals surface area contributed by atoms with Crippen molar-refractivity contribution in [1.82, 2.24) is 9.78 Å². The maximum Gasteiger partial charge on any atom is 0.311 e. The number of hydrogen-bond donors (Lipinski definition) is 1. The molecule has 0 aliphatic heterocycles. The molecule has 0 aliphatic carbocycles. The highest BCUT2D eigenvalue weighted by Gasteiger charge is 2.20. The summed E-state index contributed by atoms with van der Waals surface area (Å²) in [7, 11) is 2.86. The van der Waals surface area contributed by atoms with E-state index >= 15 is 0 Å². The molecule has 0 fully saturated rings. The van der Waals surface area contributed by atoms with E-state index in [1.165, 1.54) is 11.8 Å². The summed E-state index contributed by atoms with van der Waals surface area (Å²) < 4.78 is 11.3. The van der Waals surface area contributed by atoms with Gasteiger partial charge in [0.05, 0.1) is 54.0 Å². The lowest BCUT2D eigenvalue weighted by atomic mass is 10.1. The largest absolute Gasteiger partial charge is 0.497 e. The Balaban J connectivity index is 2.13. The number of rotatable bonds is 6. The molecule has 3 aromatic rings. The van der Waals surface area contributed by atoms with Crippen LogP contribution < -0.4 is 10.3 Å². The van der Waals surface area contributed by atoms with Gasteiger partial charge in [-0.15, -0.1) is 0 Å². The van der Waals surface area contributed by atoms with Gasteiger partial charge in [-0.05, 0) is 43.3 Å². The lowest BCUT2D eigenvalue weighted by molar-refractivity contribution is -0.139. The van der Waals surface area contributed by atoms with Crippen molar-refractivity contribution < 1.29 is 14.3 Å². The first-order valence-corrected chi connectivity index (χ1v) is 9.17. The van der Waals surface area contributed by atoms with Crippen molar-refractivity contribution in [3.05, 3.63) is 75.2 Å². The molecule has 0 saturated heterocycles. The third-order valence-corrected chi connectivity index (χ3v) is 4.67. The molecule has 0 aliphatic rings. The fourth-order valence-corrected chi connectivity index (χ4v) is 3.07. The minimum atomic E-state index is -0.472. The standard InChI is InChI=1S/C21H20ClN3O4/c1-13(23-17-7-5-4-6-16(17)22)20-18(12-19(26)29-3)24-25(21(20)27)14-8-10-15(28-2)11-9-14/h4-11,24H,12H2,1-3H3. The zero-order valence-corrected chi connectivity index (χ0v) is 17.0. The molecule has 3 rings (SSSR count). The first-order chi connectivity index (χ1) is 13.9. The number of hydrogen-bond acceptors (Lipinski definition) is 5. The number of H-pyrrole nitrogens is 1. The van der Waals surface area contributed by atoms with Crippen LogP contribution in [0.1, 0.15) is 18.2 Å². The van der Waals surface area contributed by atoms with Crippen LogP contribution in [0.5, 0.6) is 5.75 Å². The number of halogens is 1. The van der Waals surface area contributed by atoms with Crippen LogP contribution in [-0.2, 0) is 16.0 Å². The van der Waals surface area contributed by atoms with E-state index in [0.29, 0.717) is 39.1 Å². The molecule has 0 atom stereocenters. The van der Waals surface area contributed by atoms with Gasteiger partial charge in [-0.25, -0.2) is 4.68 Å². The van der Waals surface area contributed by atoms with Crippen molar-refractivity contribution in [3.8, 4) is 11.4 Å². The quantitative estimate of drug-likeness (QED) is 0.493. The van der Waals surface area contributed by atoms with Gasteiger partial charge >= 0.3 is 5.97 Å². The number of nitrogens with one attached hydrogen (secondary N) is 1. The summed E-state index contributed by atoms with van der Waals surface area (Å²) in [5.41, 5.74) is 1.94. The number of aliphatic imine (C=N–C) groups is 1. The zero-order chi connectivity index (χ0) is 21.0. The van der Waals surface area contributed by atoms with Gasteiger partial charge in [-0.3, -0.25) is 19.7 Å². The molecule has 0 saturated carbocycles. The van der Waals surface area contributed by atoms with Crippen molar-refractivity contribution in [1.29, 1.82) is 0 Å². The normalized spacial score (nSPS) is 11.4. The van der Waals surface area contributed by atoms with E-state index in [0.717, 1.165) is 0 Å². The van der Waals surface area contributed by atoms with Crippen molar-refractivity contribution >= 4 is 29.0 Å². The molecule has 0 unspecified atom stereocenters. The molecule has 29 heavy (non-hydrogen) atoms. The Bertz CT molecular complexity index is 1110. The summed E-state index contributed by atoms with van der Waals surface area (Å²) in [6.45, 7) is 1.70. The first-order valence-electron chi connectivity index (χ1n) is 8.80. The monoisotopic (exact) mass is 413 g/mol. The van der Waals surface area contributed by atoms with Gasteiger partial charge in [0.2, 0.25) is 0 Å². The van der Waals surface area contributed by atoms with E-state index in [9.17, 15) is 9.59 Å². The topological polar surface area (TPSA) is 85.7 Å². The highest BCUT2D eigenvalue weighted by molar-refractivity contribution is 6.33. The molecule has 150 valence electrons. The van der Waals surface area contributed by atoms with E-state index in [1.54, 1.807) is 62.6 Å². The Morgan fingerprint density at radius 1 is 1.14 bits per heavy atom. The summed E-state index contributed by atoms with van der Waals surface area (Å²) in [5, 5.41) is 3.46. The Morgan fingerprint density at radius 2 is 1.83 bits per heavy atom. The highest BCUT2D eigenvalue weighted by atomic mass is 35.5. The molecule has 7 nitrogen and oxygen atoms in total. The minimum absolute atomic E-state index is 0.0976. The summed E-state index contributed by atoms with van der Waals surface area (Å²) in [5.74, 6) is 0.194. The van der Waals surface area contributed by atoms with Crippen LogP contribution in [0.2, 0.25) is 5.02 Å². The lowest BCUT2D eigenvalue weighted by Gasteiger charge is -2.03. The van der Waals surface area contributed by atoms with Crippen LogP contribution in [0.25, 0.3) is 5.69 Å². The number of ether oxygens (including phenoxy) is 2. The second-order valence-electron chi connectivity index (χ2n) is 6.21. The molecule has 1 aromatic heterocycles. The molecule has 8 heteroatoms. The SMILES string of the molecule is COC(=O)Cc1[nH]n(-c2ccc(OC)cc2)c(=O)c1C(C)=Nc1ccccc1Cl. The van der Waals surface area contributed by atoms with E-state index < -0.39 is 5.97 Å². The average molecular weight is 414 g/mol. The Hall–Kier alpha value is -3.32. The molecular formula is C21H20ClN3O4. The molecule has 0 radical (unpaired) electrons. The van der Waals surface area contributed by atoms with Gasteiger partial charge in [0, 0.05) is 0 Å². The molecule has 0 bridgehead atoms. The van der Waals surface area contributed by atoms with Gasteiger partial charge in [0.25, 0.3) is 5.56 Å². The van der Waals surface area contributed by atoms with Crippen LogP contribution in [0.15, 0.2) is 58.3 Å². The third kappa shape index (κ3) is 4.41. The van der Waals surface area contributed by atoms with Gasteiger partial charge < -0.3 is 9.47 Å². The van der Waals surface area contributed by atoms with Crippen molar-refractivity contribution in [2.75, 3.05) is 14.2 Å². The van der Waals surface area contributed by atoms with E-state index in [1.807, 2.05) is 0 Å². The number of nitrogens with zero attached hydrogens (tertiary/aromatic N) is 2. The second-order valence-corrected chi connectivity index (χ2v) is 6.61. The number of carbonyl (C=O) groups is 1. The van der Waals surface area contributed by atoms with E-state index in [-0.39, 0.29) is 12.0 Å². The highest BCUT2D eigenvalue weighted by Crippen LogP contribution is 2.25. The number of methoxy groups -OCH3 is 2. The number of aromatic amines is 1. The van der Waals surface area contributed by atoms with Gasteiger partial charge in [0.1, 0.15) is 5.75 Å². The Labute approximate surface area is 172 Å². The molecule has 0 amide bonds.